The van der Waals surface area contributed by atoms with Gasteiger partial charge in [0.1, 0.15) is 5.82 Å². The number of nitrogens with one attached hydrogen (secondary N) is 1. The third-order valence-electron chi connectivity index (χ3n) is 4.21. The lowest BCUT2D eigenvalue weighted by molar-refractivity contribution is 0.360. The summed E-state index contributed by atoms with van der Waals surface area (Å²) in [4.78, 5) is 9.79. The summed E-state index contributed by atoms with van der Waals surface area (Å²) < 4.78 is 0. The van der Waals surface area contributed by atoms with Crippen molar-refractivity contribution in [3.8, 4) is 0 Å². The summed E-state index contributed by atoms with van der Waals surface area (Å²) in [6, 6.07) is 4.51. The van der Waals surface area contributed by atoms with Gasteiger partial charge in [0.2, 0.25) is 0 Å². The SMILES string of the molecule is CN1CCCN(c2ccc3c(n2)CCNCC3)CC1. The predicted octanol–water partition coefficient (Wildman–Crippen LogP) is 0.912. The Balaban J connectivity index is 1.79. The number of likely N-dealkylation sites (N-methyl/N-ethyl adjacent to an activating group) is 1. The van der Waals surface area contributed by atoms with Gasteiger partial charge in [0.05, 0.1) is 0 Å². The van der Waals surface area contributed by atoms with Crippen molar-refractivity contribution in [3.63, 3.8) is 0 Å². The molecule has 4 nitrogen and oxygen atoms in total. The lowest BCUT2D eigenvalue weighted by Gasteiger charge is -2.22. The minimum Gasteiger partial charge on any atom is -0.355 e. The van der Waals surface area contributed by atoms with E-state index >= 15 is 0 Å². The fourth-order valence-corrected chi connectivity index (χ4v) is 2.97. The highest BCUT2D eigenvalue weighted by Gasteiger charge is 2.16. The number of hydrogen-bond acceptors (Lipinski definition) is 4. The first-order valence-electron chi connectivity index (χ1n) is 7.46. The lowest BCUT2D eigenvalue weighted by atomic mass is 10.1. The molecular weight excluding hydrogens is 236 g/mol. The van der Waals surface area contributed by atoms with E-state index in [-0.39, 0.29) is 0 Å². The predicted molar refractivity (Wildman–Crippen MR) is 78.8 cm³/mol. The second-order valence-corrected chi connectivity index (χ2v) is 5.67. The van der Waals surface area contributed by atoms with Gasteiger partial charge in [-0.05, 0) is 44.6 Å². The van der Waals surface area contributed by atoms with Crippen LogP contribution in [0.4, 0.5) is 5.82 Å². The van der Waals surface area contributed by atoms with Crippen LogP contribution in [0.15, 0.2) is 12.1 Å². The van der Waals surface area contributed by atoms with Crippen LogP contribution in [-0.2, 0) is 12.8 Å². The quantitative estimate of drug-likeness (QED) is 0.813. The van der Waals surface area contributed by atoms with E-state index in [2.05, 4.69) is 34.3 Å². The Bertz CT molecular complexity index is 432. The zero-order valence-electron chi connectivity index (χ0n) is 11.9. The fourth-order valence-electron chi connectivity index (χ4n) is 2.97. The number of anilines is 1. The summed E-state index contributed by atoms with van der Waals surface area (Å²) in [6.07, 6.45) is 3.42. The van der Waals surface area contributed by atoms with Crippen molar-refractivity contribution in [1.29, 1.82) is 0 Å². The average molecular weight is 260 g/mol. The number of aromatic nitrogens is 1. The maximum Gasteiger partial charge on any atom is 0.128 e. The zero-order valence-corrected chi connectivity index (χ0v) is 11.9. The van der Waals surface area contributed by atoms with E-state index in [1.807, 2.05) is 0 Å². The minimum atomic E-state index is 1.06. The topological polar surface area (TPSA) is 31.4 Å². The molecule has 104 valence electrons. The molecule has 0 bridgehead atoms. The molecule has 0 radical (unpaired) electrons. The number of pyridine rings is 1. The van der Waals surface area contributed by atoms with Crippen molar-refractivity contribution in [1.82, 2.24) is 15.2 Å². The number of nitrogens with zero attached hydrogens (tertiary/aromatic N) is 3. The van der Waals surface area contributed by atoms with Gasteiger partial charge in [-0.2, -0.15) is 0 Å². The van der Waals surface area contributed by atoms with Gasteiger partial charge in [0.25, 0.3) is 0 Å². The molecular formula is C15H24N4. The summed E-state index contributed by atoms with van der Waals surface area (Å²) in [7, 11) is 2.21. The van der Waals surface area contributed by atoms with Crippen LogP contribution in [0.2, 0.25) is 0 Å². The Kier molecular flexibility index (Phi) is 3.99. The van der Waals surface area contributed by atoms with Crippen LogP contribution in [0.3, 0.4) is 0 Å². The molecule has 3 heterocycles. The molecule has 0 saturated carbocycles. The lowest BCUT2D eigenvalue weighted by Crippen LogP contribution is -2.29. The van der Waals surface area contributed by atoms with Gasteiger partial charge in [-0.25, -0.2) is 4.98 Å². The Morgan fingerprint density at radius 2 is 1.95 bits per heavy atom. The molecule has 1 aromatic heterocycles. The minimum absolute atomic E-state index is 1.06. The molecule has 0 amide bonds. The average Bonchev–Trinajstić information content (AvgIpc) is 2.78. The van der Waals surface area contributed by atoms with Crippen molar-refractivity contribution in [2.75, 3.05) is 51.2 Å². The molecule has 19 heavy (non-hydrogen) atoms. The van der Waals surface area contributed by atoms with E-state index < -0.39 is 0 Å². The molecule has 0 unspecified atom stereocenters. The van der Waals surface area contributed by atoms with E-state index in [1.54, 1.807) is 0 Å². The van der Waals surface area contributed by atoms with E-state index in [9.17, 15) is 0 Å². The first kappa shape index (κ1) is 12.9. The van der Waals surface area contributed by atoms with Gasteiger partial charge >= 0.3 is 0 Å². The molecule has 2 aliphatic rings. The van der Waals surface area contributed by atoms with Crippen LogP contribution < -0.4 is 10.2 Å². The van der Waals surface area contributed by atoms with Gasteiger partial charge < -0.3 is 15.1 Å². The maximum atomic E-state index is 4.93. The highest BCUT2D eigenvalue weighted by Crippen LogP contribution is 2.18. The van der Waals surface area contributed by atoms with Gasteiger partial charge in [-0.15, -0.1) is 0 Å². The van der Waals surface area contributed by atoms with E-state index in [0.717, 1.165) is 45.6 Å². The van der Waals surface area contributed by atoms with E-state index in [0.29, 0.717) is 0 Å². The van der Waals surface area contributed by atoms with Crippen molar-refractivity contribution in [2.45, 2.75) is 19.3 Å². The van der Waals surface area contributed by atoms with Crippen molar-refractivity contribution in [3.05, 3.63) is 23.4 Å². The highest BCUT2D eigenvalue weighted by molar-refractivity contribution is 5.42. The largest absolute Gasteiger partial charge is 0.355 e. The first-order valence-corrected chi connectivity index (χ1v) is 7.46. The second-order valence-electron chi connectivity index (χ2n) is 5.67. The van der Waals surface area contributed by atoms with Crippen LogP contribution in [0.25, 0.3) is 0 Å². The van der Waals surface area contributed by atoms with Gasteiger partial charge in [-0.1, -0.05) is 6.07 Å². The highest BCUT2D eigenvalue weighted by atomic mass is 15.2. The Morgan fingerprint density at radius 3 is 2.89 bits per heavy atom. The van der Waals surface area contributed by atoms with Gasteiger partial charge in [0.15, 0.2) is 0 Å². The fraction of sp³-hybridized carbons (Fsp3) is 0.667. The van der Waals surface area contributed by atoms with Crippen molar-refractivity contribution < 1.29 is 0 Å². The third-order valence-corrected chi connectivity index (χ3v) is 4.21. The molecule has 1 aromatic rings. The molecule has 0 aliphatic carbocycles. The number of hydrogen-bond donors (Lipinski definition) is 1. The second kappa shape index (κ2) is 5.88. The Labute approximate surface area is 115 Å². The molecule has 3 rings (SSSR count). The molecule has 1 N–H and O–H groups in total. The van der Waals surface area contributed by atoms with E-state index in [1.165, 1.54) is 30.0 Å². The van der Waals surface area contributed by atoms with Crippen LogP contribution in [0.1, 0.15) is 17.7 Å². The summed E-state index contributed by atoms with van der Waals surface area (Å²) in [6.45, 7) is 6.72. The molecule has 0 atom stereocenters. The van der Waals surface area contributed by atoms with Crippen LogP contribution >= 0.6 is 0 Å². The zero-order chi connectivity index (χ0) is 13.1. The summed E-state index contributed by atoms with van der Waals surface area (Å²) in [5, 5.41) is 3.45. The van der Waals surface area contributed by atoms with Gasteiger partial charge in [0, 0.05) is 38.3 Å². The summed E-state index contributed by atoms with van der Waals surface area (Å²) >= 11 is 0. The Hall–Kier alpha value is -1.13. The first-order chi connectivity index (χ1) is 9.33. The molecule has 2 aliphatic heterocycles. The third kappa shape index (κ3) is 3.07. The number of rotatable bonds is 1. The van der Waals surface area contributed by atoms with Crippen LogP contribution in [0, 0.1) is 0 Å². The molecule has 1 saturated heterocycles. The van der Waals surface area contributed by atoms with Crippen LogP contribution in [-0.4, -0.2) is 56.2 Å². The van der Waals surface area contributed by atoms with Crippen molar-refractivity contribution in [2.24, 2.45) is 0 Å². The summed E-state index contributed by atoms with van der Waals surface area (Å²) in [5.41, 5.74) is 2.74. The molecule has 1 fully saturated rings. The molecule has 0 aromatic carbocycles. The number of fused-ring (bicyclic) bond motifs is 1. The Morgan fingerprint density at radius 1 is 1.05 bits per heavy atom. The van der Waals surface area contributed by atoms with Crippen LogP contribution in [0.5, 0.6) is 0 Å². The standard InChI is InChI=1S/C15H24N4/c1-18-9-2-10-19(12-11-18)15-4-3-13-5-7-16-8-6-14(13)17-15/h3-4,16H,2,5-12H2,1H3. The monoisotopic (exact) mass is 260 g/mol. The molecule has 0 spiro atoms. The normalized spacial score (nSPS) is 21.6. The summed E-state index contributed by atoms with van der Waals surface area (Å²) in [5.74, 6) is 1.18. The van der Waals surface area contributed by atoms with E-state index in [4.69, 9.17) is 4.98 Å². The molecule has 4 heteroatoms. The maximum absolute atomic E-state index is 4.93. The van der Waals surface area contributed by atoms with Crippen molar-refractivity contribution >= 4 is 5.82 Å². The van der Waals surface area contributed by atoms with Gasteiger partial charge in [-0.3, -0.25) is 0 Å². The smallest absolute Gasteiger partial charge is 0.128 e.